The molecule has 0 saturated heterocycles. The zero-order chi connectivity index (χ0) is 14.5. The molecule has 0 fully saturated rings. The Hall–Kier alpha value is -2.56. The molecule has 0 spiro atoms. The van der Waals surface area contributed by atoms with E-state index >= 15 is 0 Å². The van der Waals surface area contributed by atoms with Gasteiger partial charge in [-0.05, 0) is 29.8 Å². The van der Waals surface area contributed by atoms with Crippen LogP contribution in [0.4, 0.5) is 5.82 Å². The van der Waals surface area contributed by atoms with Crippen LogP contribution in [0.5, 0.6) is 5.75 Å². The molecular weight excluding hydrogens is 256 g/mol. The van der Waals surface area contributed by atoms with Gasteiger partial charge in [0.2, 0.25) is 0 Å². The van der Waals surface area contributed by atoms with Gasteiger partial charge in [-0.25, -0.2) is 9.78 Å². The largest absolute Gasteiger partial charge is 0.497 e. The van der Waals surface area contributed by atoms with Crippen molar-refractivity contribution >= 4 is 11.8 Å². The molecule has 2 aromatic rings. The Morgan fingerprint density at radius 3 is 2.60 bits per heavy atom. The zero-order valence-corrected chi connectivity index (χ0v) is 11.4. The number of benzene rings is 1. The van der Waals surface area contributed by atoms with Crippen molar-refractivity contribution in [2.45, 2.75) is 6.54 Å². The third-order valence-corrected chi connectivity index (χ3v) is 2.96. The molecule has 0 atom stereocenters. The maximum absolute atomic E-state index is 11.2. The molecule has 0 aliphatic heterocycles. The van der Waals surface area contributed by atoms with Crippen LogP contribution in [0.15, 0.2) is 42.6 Å². The molecule has 0 bridgehead atoms. The number of anilines is 1. The van der Waals surface area contributed by atoms with Crippen molar-refractivity contribution in [2.75, 3.05) is 19.1 Å². The number of hydrogen-bond acceptors (Lipinski definition) is 4. The Kier molecular flexibility index (Phi) is 4.20. The maximum Gasteiger partial charge on any atom is 0.339 e. The molecule has 0 aliphatic rings. The van der Waals surface area contributed by atoms with E-state index in [9.17, 15) is 4.79 Å². The minimum Gasteiger partial charge on any atom is -0.497 e. The molecule has 2 rings (SSSR count). The summed E-state index contributed by atoms with van der Waals surface area (Å²) in [6.07, 6.45) is 1.59. The quantitative estimate of drug-likeness (QED) is 0.905. The van der Waals surface area contributed by atoms with Crippen LogP contribution < -0.4 is 9.64 Å². The summed E-state index contributed by atoms with van der Waals surface area (Å²) in [4.78, 5) is 17.1. The van der Waals surface area contributed by atoms with E-state index in [0.717, 1.165) is 11.3 Å². The number of aromatic nitrogens is 1. The van der Waals surface area contributed by atoms with Crippen molar-refractivity contribution in [3.63, 3.8) is 0 Å². The summed E-state index contributed by atoms with van der Waals surface area (Å²) < 4.78 is 5.11. The normalized spacial score (nSPS) is 10.1. The number of pyridine rings is 1. The molecule has 5 heteroatoms. The highest BCUT2D eigenvalue weighted by molar-refractivity contribution is 5.93. The van der Waals surface area contributed by atoms with E-state index < -0.39 is 5.97 Å². The first-order valence-electron chi connectivity index (χ1n) is 6.14. The van der Waals surface area contributed by atoms with Gasteiger partial charge in [0.1, 0.15) is 17.1 Å². The maximum atomic E-state index is 11.2. The molecule has 0 unspecified atom stereocenters. The average molecular weight is 272 g/mol. The highest BCUT2D eigenvalue weighted by atomic mass is 16.5. The first-order valence-corrected chi connectivity index (χ1v) is 6.14. The molecule has 1 aromatic carbocycles. The minimum absolute atomic E-state index is 0.198. The Bertz CT molecular complexity index is 596. The van der Waals surface area contributed by atoms with Gasteiger partial charge >= 0.3 is 5.97 Å². The first kappa shape index (κ1) is 13.9. The second-order valence-corrected chi connectivity index (χ2v) is 4.38. The predicted molar refractivity (Wildman–Crippen MR) is 76.3 cm³/mol. The van der Waals surface area contributed by atoms with E-state index in [1.165, 1.54) is 0 Å². The van der Waals surface area contributed by atoms with Crippen molar-refractivity contribution in [1.29, 1.82) is 0 Å². The second kappa shape index (κ2) is 6.06. The molecule has 1 aromatic heterocycles. The lowest BCUT2D eigenvalue weighted by atomic mass is 10.2. The van der Waals surface area contributed by atoms with Crippen LogP contribution >= 0.6 is 0 Å². The standard InChI is InChI=1S/C15H16N2O3/c1-17(10-11-5-7-12(20-2)8-6-11)14-13(15(18)19)4-3-9-16-14/h3-9H,10H2,1-2H3,(H,18,19). The lowest BCUT2D eigenvalue weighted by Crippen LogP contribution is -2.20. The number of hydrogen-bond donors (Lipinski definition) is 1. The van der Waals surface area contributed by atoms with Crippen molar-refractivity contribution in [1.82, 2.24) is 4.98 Å². The van der Waals surface area contributed by atoms with Crippen LogP contribution in [0.2, 0.25) is 0 Å². The molecule has 0 radical (unpaired) electrons. The molecule has 0 aliphatic carbocycles. The zero-order valence-electron chi connectivity index (χ0n) is 11.4. The average Bonchev–Trinajstić information content (AvgIpc) is 2.48. The third-order valence-electron chi connectivity index (χ3n) is 2.96. The van der Waals surface area contributed by atoms with E-state index in [4.69, 9.17) is 9.84 Å². The van der Waals surface area contributed by atoms with E-state index in [0.29, 0.717) is 12.4 Å². The van der Waals surface area contributed by atoms with Crippen molar-refractivity contribution in [2.24, 2.45) is 0 Å². The minimum atomic E-state index is -0.977. The van der Waals surface area contributed by atoms with Gasteiger partial charge in [0, 0.05) is 19.8 Å². The smallest absolute Gasteiger partial charge is 0.339 e. The summed E-state index contributed by atoms with van der Waals surface area (Å²) in [5, 5.41) is 9.17. The molecule has 1 heterocycles. The van der Waals surface area contributed by atoms with Crippen LogP contribution in [-0.4, -0.2) is 30.2 Å². The van der Waals surface area contributed by atoms with Crippen LogP contribution in [0.1, 0.15) is 15.9 Å². The first-order chi connectivity index (χ1) is 9.61. The number of rotatable bonds is 5. The van der Waals surface area contributed by atoms with Gasteiger partial charge in [-0.2, -0.15) is 0 Å². The van der Waals surface area contributed by atoms with Crippen LogP contribution in [0.25, 0.3) is 0 Å². The summed E-state index contributed by atoms with van der Waals surface area (Å²) in [7, 11) is 3.44. The Morgan fingerprint density at radius 1 is 1.30 bits per heavy atom. The lowest BCUT2D eigenvalue weighted by molar-refractivity contribution is 0.0697. The fourth-order valence-electron chi connectivity index (χ4n) is 1.95. The van der Waals surface area contributed by atoms with E-state index in [1.807, 2.05) is 36.2 Å². The fraction of sp³-hybridized carbons (Fsp3) is 0.200. The number of carbonyl (C=O) groups is 1. The summed E-state index contributed by atoms with van der Waals surface area (Å²) in [6, 6.07) is 10.8. The summed E-state index contributed by atoms with van der Waals surface area (Å²) in [5.74, 6) is 0.269. The van der Waals surface area contributed by atoms with Crippen molar-refractivity contribution in [3.8, 4) is 5.75 Å². The van der Waals surface area contributed by atoms with E-state index in [1.54, 1.807) is 25.4 Å². The monoisotopic (exact) mass is 272 g/mol. The molecule has 104 valence electrons. The number of ether oxygens (including phenoxy) is 1. The summed E-state index contributed by atoms with van der Waals surface area (Å²) in [5.41, 5.74) is 1.25. The van der Waals surface area contributed by atoms with Crippen LogP contribution in [-0.2, 0) is 6.54 Å². The Balaban J connectivity index is 2.19. The SMILES string of the molecule is COc1ccc(CN(C)c2ncccc2C(=O)O)cc1. The number of carboxylic acids is 1. The van der Waals surface area contributed by atoms with Gasteiger partial charge in [0.25, 0.3) is 0 Å². The van der Waals surface area contributed by atoms with Gasteiger partial charge in [-0.3, -0.25) is 0 Å². The topological polar surface area (TPSA) is 62.7 Å². The van der Waals surface area contributed by atoms with Crippen molar-refractivity contribution < 1.29 is 14.6 Å². The third kappa shape index (κ3) is 3.06. The lowest BCUT2D eigenvalue weighted by Gasteiger charge is -2.20. The highest BCUT2D eigenvalue weighted by Crippen LogP contribution is 2.19. The van der Waals surface area contributed by atoms with Gasteiger partial charge in [-0.1, -0.05) is 12.1 Å². The molecular formula is C15H16N2O3. The van der Waals surface area contributed by atoms with Gasteiger partial charge in [0.15, 0.2) is 0 Å². The summed E-state index contributed by atoms with van der Waals surface area (Å²) in [6.45, 7) is 0.571. The molecule has 5 nitrogen and oxygen atoms in total. The molecule has 0 amide bonds. The molecule has 20 heavy (non-hydrogen) atoms. The summed E-state index contributed by atoms with van der Waals surface area (Å²) >= 11 is 0. The van der Waals surface area contributed by atoms with E-state index in [2.05, 4.69) is 4.98 Å². The number of nitrogens with zero attached hydrogens (tertiary/aromatic N) is 2. The van der Waals surface area contributed by atoms with Gasteiger partial charge < -0.3 is 14.7 Å². The predicted octanol–water partition coefficient (Wildman–Crippen LogP) is 2.42. The second-order valence-electron chi connectivity index (χ2n) is 4.38. The van der Waals surface area contributed by atoms with Crippen LogP contribution in [0.3, 0.4) is 0 Å². The van der Waals surface area contributed by atoms with Gasteiger partial charge in [0.05, 0.1) is 7.11 Å². The number of aromatic carboxylic acids is 1. The van der Waals surface area contributed by atoms with Gasteiger partial charge in [-0.15, -0.1) is 0 Å². The Morgan fingerprint density at radius 2 is 2.00 bits per heavy atom. The number of carboxylic acid groups (broad SMARTS) is 1. The van der Waals surface area contributed by atoms with Crippen molar-refractivity contribution in [3.05, 3.63) is 53.7 Å². The highest BCUT2D eigenvalue weighted by Gasteiger charge is 2.14. The van der Waals surface area contributed by atoms with Crippen LogP contribution in [0, 0.1) is 0 Å². The van der Waals surface area contributed by atoms with E-state index in [-0.39, 0.29) is 5.56 Å². The number of methoxy groups -OCH3 is 1. The Labute approximate surface area is 117 Å². The fourth-order valence-corrected chi connectivity index (χ4v) is 1.95. The molecule has 1 N–H and O–H groups in total. The molecule has 0 saturated carbocycles.